The normalized spacial score (nSPS) is 9.95. The minimum Gasteiger partial charge on any atom is -0.376 e. The summed E-state index contributed by atoms with van der Waals surface area (Å²) in [6.07, 6.45) is 0. The Morgan fingerprint density at radius 1 is 1.26 bits per heavy atom. The van der Waals surface area contributed by atoms with Gasteiger partial charge in [0.15, 0.2) is 10.9 Å². The maximum Gasteiger partial charge on any atom is 0.245 e. The van der Waals surface area contributed by atoms with E-state index in [-0.39, 0.29) is 18.2 Å². The van der Waals surface area contributed by atoms with Crippen LogP contribution in [-0.4, -0.2) is 23.2 Å². The zero-order valence-electron chi connectivity index (χ0n) is 10.3. The number of nitrogens with one attached hydrogen (secondary N) is 2. The molecule has 2 rings (SSSR count). The van der Waals surface area contributed by atoms with Crippen LogP contribution in [0.2, 0.25) is 0 Å². The molecule has 0 unspecified atom stereocenters. The van der Waals surface area contributed by atoms with Crippen LogP contribution in [0.15, 0.2) is 35.7 Å². The van der Waals surface area contributed by atoms with Gasteiger partial charge in [-0.05, 0) is 12.1 Å². The maximum absolute atomic E-state index is 11.7. The van der Waals surface area contributed by atoms with Gasteiger partial charge < -0.3 is 10.6 Å². The topological polar surface area (TPSA) is 71.1 Å². The number of anilines is 2. The molecule has 1 aromatic carbocycles. The Labute approximate surface area is 114 Å². The van der Waals surface area contributed by atoms with Gasteiger partial charge in [-0.1, -0.05) is 18.2 Å². The zero-order chi connectivity index (χ0) is 13.7. The third kappa shape index (κ3) is 3.89. The Morgan fingerprint density at radius 3 is 2.63 bits per heavy atom. The van der Waals surface area contributed by atoms with Crippen LogP contribution in [0.25, 0.3) is 0 Å². The molecule has 1 aromatic heterocycles. The molecule has 0 aliphatic carbocycles. The highest BCUT2D eigenvalue weighted by atomic mass is 32.1. The Morgan fingerprint density at radius 2 is 2.00 bits per heavy atom. The van der Waals surface area contributed by atoms with Crippen LogP contribution >= 0.6 is 11.3 Å². The van der Waals surface area contributed by atoms with Crippen molar-refractivity contribution in [1.82, 2.24) is 4.98 Å². The van der Waals surface area contributed by atoms with E-state index in [2.05, 4.69) is 15.6 Å². The first-order chi connectivity index (χ1) is 9.15. The number of nitrogens with zero attached hydrogens (tertiary/aromatic N) is 1. The summed E-state index contributed by atoms with van der Waals surface area (Å²) in [7, 11) is 0. The van der Waals surface area contributed by atoms with Crippen LogP contribution in [0, 0.1) is 0 Å². The molecule has 5 nitrogen and oxygen atoms in total. The standard InChI is InChI=1S/C13H13N3O2S/c1-9(17)11-8-19-13(15-11)16-12(18)7-14-10-5-3-2-4-6-10/h2-6,8,14H,7H2,1H3,(H,15,16,18). The van der Waals surface area contributed by atoms with E-state index >= 15 is 0 Å². The van der Waals surface area contributed by atoms with Gasteiger partial charge >= 0.3 is 0 Å². The van der Waals surface area contributed by atoms with Crippen molar-refractivity contribution in [3.63, 3.8) is 0 Å². The fourth-order valence-corrected chi connectivity index (χ4v) is 2.16. The van der Waals surface area contributed by atoms with Crippen molar-refractivity contribution < 1.29 is 9.59 Å². The van der Waals surface area contributed by atoms with Gasteiger partial charge in [0.2, 0.25) is 5.91 Å². The van der Waals surface area contributed by atoms with E-state index in [4.69, 9.17) is 0 Å². The second-order valence-corrected chi connectivity index (χ2v) is 4.72. The largest absolute Gasteiger partial charge is 0.376 e. The van der Waals surface area contributed by atoms with Gasteiger partial charge in [0, 0.05) is 18.0 Å². The van der Waals surface area contributed by atoms with Crippen LogP contribution in [-0.2, 0) is 4.79 Å². The molecule has 6 heteroatoms. The highest BCUT2D eigenvalue weighted by Crippen LogP contribution is 2.15. The van der Waals surface area contributed by atoms with E-state index in [1.165, 1.54) is 18.3 Å². The lowest BCUT2D eigenvalue weighted by molar-refractivity contribution is -0.114. The summed E-state index contributed by atoms with van der Waals surface area (Å²) in [5, 5.41) is 7.70. The van der Waals surface area contributed by atoms with Crippen LogP contribution < -0.4 is 10.6 Å². The first kappa shape index (κ1) is 13.2. The van der Waals surface area contributed by atoms with Crippen molar-refractivity contribution in [3.05, 3.63) is 41.4 Å². The maximum atomic E-state index is 11.7. The van der Waals surface area contributed by atoms with E-state index in [0.29, 0.717) is 10.8 Å². The van der Waals surface area contributed by atoms with Gasteiger partial charge in [-0.2, -0.15) is 0 Å². The lowest BCUT2D eigenvalue weighted by atomic mass is 10.3. The molecule has 98 valence electrons. The third-order valence-electron chi connectivity index (χ3n) is 2.34. The number of benzene rings is 1. The molecule has 0 saturated carbocycles. The van der Waals surface area contributed by atoms with E-state index in [1.54, 1.807) is 5.38 Å². The number of hydrogen-bond donors (Lipinski definition) is 2. The summed E-state index contributed by atoms with van der Waals surface area (Å²) in [5.74, 6) is -0.313. The number of rotatable bonds is 5. The van der Waals surface area contributed by atoms with Gasteiger partial charge in [0.05, 0.1) is 6.54 Å². The third-order valence-corrected chi connectivity index (χ3v) is 3.10. The van der Waals surface area contributed by atoms with E-state index < -0.39 is 0 Å². The van der Waals surface area contributed by atoms with Gasteiger partial charge in [-0.3, -0.25) is 9.59 Å². The van der Waals surface area contributed by atoms with Crippen LogP contribution in [0.4, 0.5) is 10.8 Å². The number of hydrogen-bond acceptors (Lipinski definition) is 5. The fourth-order valence-electron chi connectivity index (χ4n) is 1.39. The highest BCUT2D eigenvalue weighted by Gasteiger charge is 2.08. The molecule has 0 radical (unpaired) electrons. The summed E-state index contributed by atoms with van der Waals surface area (Å²) < 4.78 is 0. The monoisotopic (exact) mass is 275 g/mol. The fraction of sp³-hybridized carbons (Fsp3) is 0.154. The number of amides is 1. The minimum absolute atomic E-state index is 0.112. The van der Waals surface area contributed by atoms with E-state index in [9.17, 15) is 9.59 Å². The number of aromatic nitrogens is 1. The van der Waals surface area contributed by atoms with Gasteiger partial charge in [0.25, 0.3) is 0 Å². The van der Waals surface area contributed by atoms with E-state index in [1.807, 2.05) is 30.3 Å². The molecule has 19 heavy (non-hydrogen) atoms. The lowest BCUT2D eigenvalue weighted by Gasteiger charge is -2.05. The van der Waals surface area contributed by atoms with Crippen LogP contribution in [0.3, 0.4) is 0 Å². The first-order valence-corrected chi connectivity index (χ1v) is 6.58. The summed E-state index contributed by atoms with van der Waals surface area (Å²) in [4.78, 5) is 26.8. The summed E-state index contributed by atoms with van der Waals surface area (Å²) in [5.41, 5.74) is 1.25. The average molecular weight is 275 g/mol. The molecule has 0 fully saturated rings. The molecule has 2 N–H and O–H groups in total. The molecular formula is C13H13N3O2S. The van der Waals surface area contributed by atoms with Crippen molar-refractivity contribution >= 4 is 33.8 Å². The second kappa shape index (κ2) is 6.10. The number of ketones is 1. The van der Waals surface area contributed by atoms with E-state index in [0.717, 1.165) is 5.69 Å². The van der Waals surface area contributed by atoms with Crippen LogP contribution in [0.5, 0.6) is 0 Å². The number of para-hydroxylation sites is 1. The van der Waals surface area contributed by atoms with Crippen molar-refractivity contribution in [3.8, 4) is 0 Å². The average Bonchev–Trinajstić information content (AvgIpc) is 2.86. The molecular weight excluding hydrogens is 262 g/mol. The quantitative estimate of drug-likeness (QED) is 0.822. The molecule has 0 saturated heterocycles. The Kier molecular flexibility index (Phi) is 4.25. The molecule has 0 aliphatic heterocycles. The molecule has 2 aromatic rings. The molecule has 0 aliphatic rings. The van der Waals surface area contributed by atoms with Gasteiger partial charge in [-0.15, -0.1) is 11.3 Å². The van der Waals surface area contributed by atoms with Gasteiger partial charge in [0.1, 0.15) is 5.69 Å². The number of thiazole rings is 1. The van der Waals surface area contributed by atoms with Gasteiger partial charge in [-0.25, -0.2) is 4.98 Å². The highest BCUT2D eigenvalue weighted by molar-refractivity contribution is 7.14. The number of carbonyl (C=O) groups is 2. The zero-order valence-corrected chi connectivity index (χ0v) is 11.2. The number of Topliss-reactive ketones (excluding diaryl/α,β-unsaturated/α-hetero) is 1. The first-order valence-electron chi connectivity index (χ1n) is 5.70. The summed E-state index contributed by atoms with van der Waals surface area (Å²) in [6.45, 7) is 1.59. The predicted octanol–water partition coefficient (Wildman–Crippen LogP) is 2.40. The SMILES string of the molecule is CC(=O)c1csc(NC(=O)CNc2ccccc2)n1. The molecule has 0 atom stereocenters. The molecule has 1 amide bonds. The van der Waals surface area contributed by atoms with Crippen molar-refractivity contribution in [2.75, 3.05) is 17.2 Å². The Bertz CT molecular complexity index is 581. The Hall–Kier alpha value is -2.21. The Balaban J connectivity index is 1.85. The summed E-state index contributed by atoms with van der Waals surface area (Å²) >= 11 is 1.24. The van der Waals surface area contributed by atoms with Crippen molar-refractivity contribution in [2.45, 2.75) is 6.92 Å². The number of carbonyl (C=O) groups excluding carboxylic acids is 2. The molecule has 0 spiro atoms. The second-order valence-electron chi connectivity index (χ2n) is 3.86. The molecule has 1 heterocycles. The summed E-state index contributed by atoms with van der Waals surface area (Å²) in [6, 6.07) is 9.44. The lowest BCUT2D eigenvalue weighted by Crippen LogP contribution is -2.21. The smallest absolute Gasteiger partial charge is 0.245 e. The minimum atomic E-state index is -0.201. The van der Waals surface area contributed by atoms with Crippen molar-refractivity contribution in [2.24, 2.45) is 0 Å². The molecule has 0 bridgehead atoms. The van der Waals surface area contributed by atoms with Crippen LogP contribution in [0.1, 0.15) is 17.4 Å². The predicted molar refractivity (Wildman–Crippen MR) is 75.7 cm³/mol. The van der Waals surface area contributed by atoms with Crippen molar-refractivity contribution in [1.29, 1.82) is 0 Å².